The Morgan fingerprint density at radius 3 is 2.56 bits per heavy atom. The predicted octanol–water partition coefficient (Wildman–Crippen LogP) is 2.92. The fourth-order valence-corrected chi connectivity index (χ4v) is 2.85. The van der Waals surface area contributed by atoms with Crippen LogP contribution in [0.15, 0.2) is 0 Å². The van der Waals surface area contributed by atoms with Gasteiger partial charge in [-0.2, -0.15) is 11.8 Å². The fourth-order valence-electron chi connectivity index (χ4n) is 1.91. The molecule has 0 radical (unpaired) electrons. The molecule has 1 aliphatic rings. The minimum absolute atomic E-state index is 0.554. The van der Waals surface area contributed by atoms with Gasteiger partial charge < -0.3 is 10.1 Å². The van der Waals surface area contributed by atoms with E-state index in [4.69, 9.17) is 4.74 Å². The Morgan fingerprint density at radius 1 is 1.31 bits per heavy atom. The molecule has 0 bridgehead atoms. The van der Waals surface area contributed by atoms with Crippen LogP contribution in [0.2, 0.25) is 0 Å². The highest BCUT2D eigenvalue weighted by Gasteiger charge is 2.35. The smallest absolute Gasteiger partial charge is 0.0590 e. The third kappa shape index (κ3) is 5.07. The zero-order chi connectivity index (χ0) is 11.9. The maximum Gasteiger partial charge on any atom is 0.0590 e. The van der Waals surface area contributed by atoms with Crippen molar-refractivity contribution in [3.63, 3.8) is 0 Å². The molecule has 0 heterocycles. The van der Waals surface area contributed by atoms with Crippen LogP contribution in [0.1, 0.15) is 39.5 Å². The van der Waals surface area contributed by atoms with Crippen LogP contribution in [0.3, 0.4) is 0 Å². The van der Waals surface area contributed by atoms with Gasteiger partial charge in [0.2, 0.25) is 0 Å². The quantitative estimate of drug-likeness (QED) is 0.631. The Morgan fingerprint density at radius 2 is 2.06 bits per heavy atom. The summed E-state index contributed by atoms with van der Waals surface area (Å²) in [5.41, 5.74) is 0. The summed E-state index contributed by atoms with van der Waals surface area (Å²) in [5.74, 6) is 0.752. The van der Waals surface area contributed by atoms with Crippen LogP contribution in [0.25, 0.3) is 0 Å². The second-order valence-electron chi connectivity index (χ2n) is 5.21. The average Bonchev–Trinajstić information content (AvgIpc) is 2.19. The number of thioether (sulfide) groups is 1. The van der Waals surface area contributed by atoms with Crippen molar-refractivity contribution in [3.8, 4) is 0 Å². The van der Waals surface area contributed by atoms with Crippen molar-refractivity contribution >= 4 is 11.8 Å². The summed E-state index contributed by atoms with van der Waals surface area (Å²) >= 11 is 2.03. The minimum atomic E-state index is 0.554. The summed E-state index contributed by atoms with van der Waals surface area (Å²) in [4.78, 5) is 0. The first-order chi connectivity index (χ1) is 7.68. The average molecular weight is 245 g/mol. The van der Waals surface area contributed by atoms with Crippen molar-refractivity contribution in [1.29, 1.82) is 0 Å². The Kier molecular flexibility index (Phi) is 6.78. The van der Waals surface area contributed by atoms with Gasteiger partial charge in [0.1, 0.15) is 0 Å². The van der Waals surface area contributed by atoms with E-state index in [-0.39, 0.29) is 0 Å². The van der Waals surface area contributed by atoms with Gasteiger partial charge in [-0.15, -0.1) is 0 Å². The van der Waals surface area contributed by atoms with Crippen LogP contribution >= 0.6 is 11.8 Å². The monoisotopic (exact) mass is 245 g/mol. The van der Waals surface area contributed by atoms with E-state index >= 15 is 0 Å². The number of hydrogen-bond donors (Lipinski definition) is 1. The molecule has 0 aliphatic heterocycles. The van der Waals surface area contributed by atoms with Gasteiger partial charge in [-0.05, 0) is 31.4 Å². The van der Waals surface area contributed by atoms with Gasteiger partial charge in [-0.1, -0.05) is 20.3 Å². The predicted molar refractivity (Wildman–Crippen MR) is 73.2 cm³/mol. The topological polar surface area (TPSA) is 21.3 Å². The third-order valence-electron chi connectivity index (χ3n) is 3.41. The molecule has 0 amide bonds. The van der Waals surface area contributed by atoms with Gasteiger partial charge in [-0.25, -0.2) is 0 Å². The van der Waals surface area contributed by atoms with E-state index in [0.29, 0.717) is 4.75 Å². The lowest BCUT2D eigenvalue weighted by molar-refractivity contribution is 0.124. The molecule has 3 heteroatoms. The van der Waals surface area contributed by atoms with Crippen molar-refractivity contribution < 1.29 is 4.74 Å². The van der Waals surface area contributed by atoms with Gasteiger partial charge in [0, 0.05) is 24.4 Å². The van der Waals surface area contributed by atoms with Crippen molar-refractivity contribution in [2.75, 3.05) is 32.6 Å². The highest BCUT2D eigenvalue weighted by atomic mass is 32.2. The second kappa shape index (κ2) is 7.57. The maximum atomic E-state index is 5.58. The van der Waals surface area contributed by atoms with Crippen LogP contribution in [0.4, 0.5) is 0 Å². The van der Waals surface area contributed by atoms with Crippen molar-refractivity contribution in [2.45, 2.75) is 44.3 Å². The zero-order valence-electron chi connectivity index (χ0n) is 11.1. The van der Waals surface area contributed by atoms with Gasteiger partial charge in [0.25, 0.3) is 0 Å². The van der Waals surface area contributed by atoms with Crippen LogP contribution in [-0.4, -0.2) is 37.3 Å². The Hall–Kier alpha value is 0.270. The fraction of sp³-hybridized carbons (Fsp3) is 1.00. The molecular weight excluding hydrogens is 218 g/mol. The summed E-state index contributed by atoms with van der Waals surface area (Å²) in [6.45, 7) is 8.40. The van der Waals surface area contributed by atoms with Crippen LogP contribution in [0, 0.1) is 5.92 Å². The normalized spacial score (nSPS) is 18.8. The molecule has 1 rings (SSSR count). The zero-order valence-corrected chi connectivity index (χ0v) is 11.9. The summed E-state index contributed by atoms with van der Waals surface area (Å²) in [7, 11) is 0. The Balaban J connectivity index is 1.88. The Labute approximate surface area is 105 Å². The molecule has 0 aromatic rings. The van der Waals surface area contributed by atoms with Crippen LogP contribution in [0.5, 0.6) is 0 Å². The van der Waals surface area contributed by atoms with E-state index < -0.39 is 0 Å². The molecule has 1 N–H and O–H groups in total. The standard InChI is InChI=1S/C13H27NOS/c1-12(2)5-9-15-10-8-14-11-13(16-3)6-4-7-13/h12,14H,4-11H2,1-3H3. The SMILES string of the molecule is CSC1(CNCCOCCC(C)C)CCC1. The largest absolute Gasteiger partial charge is 0.380 e. The lowest BCUT2D eigenvalue weighted by atomic mass is 9.84. The minimum Gasteiger partial charge on any atom is -0.380 e. The van der Waals surface area contributed by atoms with E-state index in [1.807, 2.05) is 11.8 Å². The van der Waals surface area contributed by atoms with Gasteiger partial charge in [0.15, 0.2) is 0 Å². The van der Waals surface area contributed by atoms with E-state index in [9.17, 15) is 0 Å². The second-order valence-corrected chi connectivity index (χ2v) is 6.49. The van der Waals surface area contributed by atoms with Gasteiger partial charge in [-0.3, -0.25) is 0 Å². The molecule has 0 aromatic carbocycles. The summed E-state index contributed by atoms with van der Waals surface area (Å²) in [5, 5.41) is 3.52. The third-order valence-corrected chi connectivity index (χ3v) is 4.83. The highest BCUT2D eigenvalue weighted by Crippen LogP contribution is 2.41. The summed E-state index contributed by atoms with van der Waals surface area (Å²) in [6, 6.07) is 0. The first-order valence-electron chi connectivity index (χ1n) is 6.52. The van der Waals surface area contributed by atoms with Gasteiger partial charge >= 0.3 is 0 Å². The van der Waals surface area contributed by atoms with Crippen LogP contribution < -0.4 is 5.32 Å². The number of nitrogens with one attached hydrogen (secondary N) is 1. The van der Waals surface area contributed by atoms with E-state index in [1.165, 1.54) is 25.7 Å². The first kappa shape index (κ1) is 14.3. The molecule has 1 saturated carbocycles. The summed E-state index contributed by atoms with van der Waals surface area (Å²) < 4.78 is 6.13. The highest BCUT2D eigenvalue weighted by molar-refractivity contribution is 8.00. The lowest BCUT2D eigenvalue weighted by Gasteiger charge is -2.40. The molecule has 16 heavy (non-hydrogen) atoms. The Bertz CT molecular complexity index is 175. The number of ether oxygens (including phenoxy) is 1. The van der Waals surface area contributed by atoms with Crippen molar-refractivity contribution in [2.24, 2.45) is 5.92 Å². The molecule has 0 unspecified atom stereocenters. The van der Waals surface area contributed by atoms with E-state index in [1.54, 1.807) is 0 Å². The molecule has 0 spiro atoms. The van der Waals surface area contributed by atoms with Crippen LogP contribution in [-0.2, 0) is 4.74 Å². The van der Waals surface area contributed by atoms with Gasteiger partial charge in [0.05, 0.1) is 6.61 Å². The van der Waals surface area contributed by atoms with Crippen molar-refractivity contribution in [3.05, 3.63) is 0 Å². The van der Waals surface area contributed by atoms with Crippen molar-refractivity contribution in [1.82, 2.24) is 5.32 Å². The maximum absolute atomic E-state index is 5.58. The molecule has 0 aromatic heterocycles. The first-order valence-corrected chi connectivity index (χ1v) is 7.75. The molecule has 2 nitrogen and oxygen atoms in total. The molecule has 1 fully saturated rings. The number of rotatable bonds is 9. The van der Waals surface area contributed by atoms with E-state index in [0.717, 1.165) is 32.2 Å². The molecule has 1 aliphatic carbocycles. The molecule has 0 atom stereocenters. The molecule has 96 valence electrons. The molecule has 0 saturated heterocycles. The molecular formula is C13H27NOS. The number of hydrogen-bond acceptors (Lipinski definition) is 3. The summed E-state index contributed by atoms with van der Waals surface area (Å²) in [6.07, 6.45) is 7.59. The lowest BCUT2D eigenvalue weighted by Crippen LogP contribution is -2.44. The van der Waals surface area contributed by atoms with E-state index in [2.05, 4.69) is 25.4 Å².